The number of hydrogen-bond donors (Lipinski definition) is 1. The van der Waals surface area contributed by atoms with Crippen LogP contribution < -0.4 is 5.73 Å². The average Bonchev–Trinajstić information content (AvgIpc) is 2.48. The fourth-order valence-corrected chi connectivity index (χ4v) is 2.36. The fraction of sp³-hybridized carbons (Fsp3) is 0.611. The van der Waals surface area contributed by atoms with Crippen LogP contribution in [0.2, 0.25) is 0 Å². The lowest BCUT2D eigenvalue weighted by Crippen LogP contribution is -2.37. The molecule has 124 valence electrons. The number of benzene rings is 1. The van der Waals surface area contributed by atoms with E-state index in [-0.39, 0.29) is 23.7 Å². The molecule has 0 aliphatic heterocycles. The van der Waals surface area contributed by atoms with Gasteiger partial charge in [-0.1, -0.05) is 32.9 Å². The van der Waals surface area contributed by atoms with Gasteiger partial charge in [-0.3, -0.25) is 4.79 Å². The van der Waals surface area contributed by atoms with Crippen LogP contribution in [0.4, 0.5) is 4.39 Å². The highest BCUT2D eigenvalue weighted by atomic mass is 19.1. The molecule has 2 unspecified atom stereocenters. The Balaban J connectivity index is 2.40. The molecule has 0 aliphatic rings. The van der Waals surface area contributed by atoms with Gasteiger partial charge in [-0.2, -0.15) is 0 Å². The summed E-state index contributed by atoms with van der Waals surface area (Å²) in [5.74, 6) is 0.265. The highest BCUT2D eigenvalue weighted by molar-refractivity contribution is 5.78. The molecule has 1 aromatic rings. The molecule has 2 N–H and O–H groups in total. The van der Waals surface area contributed by atoms with Gasteiger partial charge in [-0.05, 0) is 42.9 Å². The Labute approximate surface area is 133 Å². The number of rotatable bonds is 8. The normalized spacial score (nSPS) is 14.0. The van der Waals surface area contributed by atoms with Gasteiger partial charge in [-0.25, -0.2) is 4.39 Å². The molecule has 0 spiro atoms. The second-order valence-corrected chi connectivity index (χ2v) is 6.53. The Kier molecular flexibility index (Phi) is 7.52. The number of aryl methyl sites for hydroxylation is 1. The van der Waals surface area contributed by atoms with Crippen molar-refractivity contribution in [3.8, 4) is 0 Å². The highest BCUT2D eigenvalue weighted by Gasteiger charge is 2.18. The van der Waals surface area contributed by atoms with Crippen molar-refractivity contribution in [2.75, 3.05) is 13.6 Å². The van der Waals surface area contributed by atoms with E-state index in [4.69, 9.17) is 5.73 Å². The number of nitrogens with two attached hydrogens (primary N) is 1. The summed E-state index contributed by atoms with van der Waals surface area (Å²) >= 11 is 0. The van der Waals surface area contributed by atoms with E-state index in [9.17, 15) is 9.18 Å². The molecule has 1 rings (SSSR count). The second-order valence-electron chi connectivity index (χ2n) is 6.53. The SMILES string of the molecule is CC(CCc1cccc(F)c1)C(=O)N(C)CCC(N)C(C)C. The van der Waals surface area contributed by atoms with Crippen molar-refractivity contribution in [2.24, 2.45) is 17.6 Å². The van der Waals surface area contributed by atoms with Gasteiger partial charge in [0.05, 0.1) is 0 Å². The molecule has 0 bridgehead atoms. The van der Waals surface area contributed by atoms with Crippen molar-refractivity contribution < 1.29 is 9.18 Å². The zero-order chi connectivity index (χ0) is 16.7. The summed E-state index contributed by atoms with van der Waals surface area (Å²) in [4.78, 5) is 14.1. The molecule has 0 fully saturated rings. The van der Waals surface area contributed by atoms with Crippen molar-refractivity contribution in [1.82, 2.24) is 4.90 Å². The van der Waals surface area contributed by atoms with E-state index in [0.29, 0.717) is 18.9 Å². The Morgan fingerprint density at radius 3 is 2.55 bits per heavy atom. The number of carbonyl (C=O) groups excluding carboxylic acids is 1. The van der Waals surface area contributed by atoms with Gasteiger partial charge in [0.15, 0.2) is 0 Å². The molecule has 0 saturated heterocycles. The van der Waals surface area contributed by atoms with Gasteiger partial charge in [-0.15, -0.1) is 0 Å². The van der Waals surface area contributed by atoms with E-state index in [2.05, 4.69) is 13.8 Å². The first-order valence-electron chi connectivity index (χ1n) is 8.06. The van der Waals surface area contributed by atoms with Crippen molar-refractivity contribution >= 4 is 5.91 Å². The number of nitrogens with zero attached hydrogens (tertiary/aromatic N) is 1. The average molecular weight is 308 g/mol. The third kappa shape index (κ3) is 6.14. The van der Waals surface area contributed by atoms with E-state index in [0.717, 1.165) is 18.4 Å². The zero-order valence-corrected chi connectivity index (χ0v) is 14.2. The molecule has 22 heavy (non-hydrogen) atoms. The predicted octanol–water partition coefficient (Wildman–Crippen LogP) is 3.23. The molecule has 0 saturated carbocycles. The summed E-state index contributed by atoms with van der Waals surface area (Å²) in [5, 5.41) is 0. The maximum absolute atomic E-state index is 13.1. The molecule has 2 atom stereocenters. The molecule has 0 heterocycles. The van der Waals surface area contributed by atoms with Crippen LogP contribution in [0.3, 0.4) is 0 Å². The molecule has 1 amide bonds. The molecular weight excluding hydrogens is 279 g/mol. The minimum Gasteiger partial charge on any atom is -0.345 e. The predicted molar refractivity (Wildman–Crippen MR) is 89.0 cm³/mol. The summed E-state index contributed by atoms with van der Waals surface area (Å²) < 4.78 is 13.1. The lowest BCUT2D eigenvalue weighted by atomic mass is 9.99. The van der Waals surface area contributed by atoms with Crippen LogP contribution >= 0.6 is 0 Å². The summed E-state index contributed by atoms with van der Waals surface area (Å²) in [6.45, 7) is 6.80. The standard InChI is InChI=1S/C18H29FN2O/c1-13(2)17(20)10-11-21(4)18(22)14(3)8-9-15-6-5-7-16(19)12-15/h5-7,12-14,17H,8-11,20H2,1-4H3. The summed E-state index contributed by atoms with van der Waals surface area (Å²) in [5.41, 5.74) is 6.95. The van der Waals surface area contributed by atoms with E-state index < -0.39 is 0 Å². The largest absolute Gasteiger partial charge is 0.345 e. The fourth-order valence-electron chi connectivity index (χ4n) is 2.36. The van der Waals surface area contributed by atoms with Crippen molar-refractivity contribution in [2.45, 2.75) is 46.1 Å². The number of carbonyl (C=O) groups is 1. The Hall–Kier alpha value is -1.42. The van der Waals surface area contributed by atoms with Gasteiger partial charge >= 0.3 is 0 Å². The van der Waals surface area contributed by atoms with E-state index in [1.165, 1.54) is 12.1 Å². The minimum absolute atomic E-state index is 0.0662. The monoisotopic (exact) mass is 308 g/mol. The molecular formula is C18H29FN2O. The van der Waals surface area contributed by atoms with Crippen LogP contribution in [-0.4, -0.2) is 30.4 Å². The number of halogens is 1. The van der Waals surface area contributed by atoms with E-state index in [1.807, 2.05) is 20.0 Å². The van der Waals surface area contributed by atoms with Crippen LogP contribution in [0.15, 0.2) is 24.3 Å². The van der Waals surface area contributed by atoms with Crippen molar-refractivity contribution in [1.29, 1.82) is 0 Å². The first kappa shape index (κ1) is 18.6. The highest BCUT2D eigenvalue weighted by Crippen LogP contribution is 2.14. The molecule has 0 radical (unpaired) electrons. The number of hydrogen-bond acceptors (Lipinski definition) is 2. The van der Waals surface area contributed by atoms with Gasteiger partial charge < -0.3 is 10.6 Å². The third-order valence-corrected chi connectivity index (χ3v) is 4.21. The zero-order valence-electron chi connectivity index (χ0n) is 14.2. The second kappa shape index (κ2) is 8.89. The Morgan fingerprint density at radius 1 is 1.27 bits per heavy atom. The quantitative estimate of drug-likeness (QED) is 0.801. The first-order valence-corrected chi connectivity index (χ1v) is 8.06. The van der Waals surface area contributed by atoms with Crippen LogP contribution in [0.25, 0.3) is 0 Å². The molecule has 3 nitrogen and oxygen atoms in total. The number of amides is 1. The Bertz CT molecular complexity index is 476. The Morgan fingerprint density at radius 2 is 1.95 bits per heavy atom. The lowest BCUT2D eigenvalue weighted by molar-refractivity contribution is -0.133. The first-order chi connectivity index (χ1) is 10.3. The van der Waals surface area contributed by atoms with Gasteiger partial charge in [0.25, 0.3) is 0 Å². The topological polar surface area (TPSA) is 46.3 Å². The van der Waals surface area contributed by atoms with E-state index >= 15 is 0 Å². The maximum Gasteiger partial charge on any atom is 0.225 e. The molecule has 0 aliphatic carbocycles. The van der Waals surface area contributed by atoms with Gasteiger partial charge in [0.2, 0.25) is 5.91 Å². The molecule has 4 heteroatoms. The summed E-state index contributed by atoms with van der Waals surface area (Å²) in [6, 6.07) is 6.69. The van der Waals surface area contributed by atoms with Crippen molar-refractivity contribution in [3.63, 3.8) is 0 Å². The molecule has 0 aromatic heterocycles. The summed E-state index contributed by atoms with van der Waals surface area (Å²) in [6.07, 6.45) is 2.25. The van der Waals surface area contributed by atoms with E-state index in [1.54, 1.807) is 11.0 Å². The van der Waals surface area contributed by atoms with Crippen LogP contribution in [0.1, 0.15) is 39.2 Å². The van der Waals surface area contributed by atoms with Crippen molar-refractivity contribution in [3.05, 3.63) is 35.6 Å². The maximum atomic E-state index is 13.1. The minimum atomic E-state index is -0.226. The lowest BCUT2D eigenvalue weighted by Gasteiger charge is -2.24. The smallest absolute Gasteiger partial charge is 0.225 e. The van der Waals surface area contributed by atoms with Crippen LogP contribution in [-0.2, 0) is 11.2 Å². The van der Waals surface area contributed by atoms with Gasteiger partial charge in [0.1, 0.15) is 5.82 Å². The van der Waals surface area contributed by atoms with Crippen LogP contribution in [0.5, 0.6) is 0 Å². The summed E-state index contributed by atoms with van der Waals surface area (Å²) in [7, 11) is 1.83. The van der Waals surface area contributed by atoms with Gasteiger partial charge in [0, 0.05) is 25.6 Å². The molecule has 1 aromatic carbocycles. The van der Waals surface area contributed by atoms with Crippen LogP contribution in [0, 0.1) is 17.7 Å². The third-order valence-electron chi connectivity index (χ3n) is 4.21.